The van der Waals surface area contributed by atoms with Gasteiger partial charge in [-0.15, -0.1) is 0 Å². The van der Waals surface area contributed by atoms with E-state index >= 15 is 0 Å². The Kier molecular flexibility index (Phi) is 4.09. The largest absolute Gasteiger partial charge is 0.309 e. The van der Waals surface area contributed by atoms with E-state index in [9.17, 15) is 4.39 Å². The van der Waals surface area contributed by atoms with E-state index in [0.29, 0.717) is 0 Å². The van der Waals surface area contributed by atoms with E-state index in [4.69, 9.17) is 0 Å². The average molecular weight is 438 g/mol. The third kappa shape index (κ3) is 2.72. The number of hydrogen-bond donors (Lipinski definition) is 0. The van der Waals surface area contributed by atoms with Gasteiger partial charge in [0.05, 0.1) is 11.0 Å². The van der Waals surface area contributed by atoms with E-state index in [2.05, 4.69) is 89.5 Å². The highest BCUT2D eigenvalue weighted by atomic mass is 19.1. The van der Waals surface area contributed by atoms with Crippen LogP contribution in [0.2, 0.25) is 0 Å². The fraction of sp³-hybridized carbons (Fsp3) is 0. The lowest BCUT2D eigenvalue weighted by Gasteiger charge is -2.11. The minimum Gasteiger partial charge on any atom is -0.309 e. The Morgan fingerprint density at radius 3 is 1.38 bits per heavy atom. The lowest BCUT2D eigenvalue weighted by Crippen LogP contribution is -1.94. The number of benzene rings is 6. The van der Waals surface area contributed by atoms with Crippen molar-refractivity contribution in [1.82, 2.24) is 4.57 Å². The highest BCUT2D eigenvalue weighted by Gasteiger charge is 2.20. The van der Waals surface area contributed by atoms with E-state index in [0.717, 1.165) is 16.7 Å². The zero-order chi connectivity index (χ0) is 22.6. The Balaban J connectivity index is 1.65. The topological polar surface area (TPSA) is 4.93 Å². The van der Waals surface area contributed by atoms with Crippen molar-refractivity contribution in [2.45, 2.75) is 0 Å². The third-order valence-corrected chi connectivity index (χ3v) is 6.85. The van der Waals surface area contributed by atoms with Gasteiger partial charge in [-0.3, -0.25) is 0 Å². The van der Waals surface area contributed by atoms with E-state index in [1.165, 1.54) is 55.9 Å². The van der Waals surface area contributed by atoms with Crippen LogP contribution in [-0.4, -0.2) is 4.57 Å². The smallest absolute Gasteiger partial charge is 0.123 e. The first-order chi connectivity index (χ1) is 16.8. The van der Waals surface area contributed by atoms with Gasteiger partial charge in [0.25, 0.3) is 0 Å². The van der Waals surface area contributed by atoms with Crippen LogP contribution in [0.1, 0.15) is 0 Å². The number of halogens is 1. The summed E-state index contributed by atoms with van der Waals surface area (Å²) in [5, 5.41) is 4.95. The van der Waals surface area contributed by atoms with Crippen LogP contribution >= 0.6 is 0 Å². The summed E-state index contributed by atoms with van der Waals surface area (Å²) in [6.45, 7) is 0. The van der Waals surface area contributed by atoms with E-state index in [1.807, 2.05) is 24.3 Å². The van der Waals surface area contributed by atoms with E-state index in [-0.39, 0.29) is 5.82 Å². The number of aromatic nitrogens is 1. The van der Waals surface area contributed by atoms with Crippen molar-refractivity contribution < 1.29 is 4.39 Å². The molecule has 0 saturated carbocycles. The molecule has 1 nitrogen and oxygen atoms in total. The summed E-state index contributed by atoms with van der Waals surface area (Å²) in [6, 6.07) is 41.2. The fourth-order valence-corrected chi connectivity index (χ4v) is 5.36. The molecular formula is C32H20FN. The molecule has 34 heavy (non-hydrogen) atoms. The summed E-state index contributed by atoms with van der Waals surface area (Å²) in [5.74, 6) is -0.227. The number of rotatable bonds is 3. The molecule has 0 atom stereocenters. The molecule has 0 aliphatic heterocycles. The third-order valence-electron chi connectivity index (χ3n) is 6.85. The molecular weight excluding hydrogens is 417 g/mol. The minimum absolute atomic E-state index is 0.227. The van der Waals surface area contributed by atoms with Gasteiger partial charge in [-0.1, -0.05) is 84.9 Å². The van der Waals surface area contributed by atoms with Gasteiger partial charge in [0.2, 0.25) is 0 Å². The maximum Gasteiger partial charge on any atom is 0.123 e. The van der Waals surface area contributed by atoms with Gasteiger partial charge in [-0.25, -0.2) is 4.39 Å². The van der Waals surface area contributed by atoms with Gasteiger partial charge < -0.3 is 4.57 Å². The van der Waals surface area contributed by atoms with Crippen LogP contribution in [0.3, 0.4) is 0 Å². The second-order valence-corrected chi connectivity index (χ2v) is 8.72. The Morgan fingerprint density at radius 2 is 0.912 bits per heavy atom. The lowest BCUT2D eigenvalue weighted by atomic mass is 9.91. The van der Waals surface area contributed by atoms with Crippen molar-refractivity contribution in [3.05, 3.63) is 127 Å². The molecule has 0 saturated heterocycles. The second kappa shape index (κ2) is 7.29. The monoisotopic (exact) mass is 437 g/mol. The van der Waals surface area contributed by atoms with Gasteiger partial charge in [-0.2, -0.15) is 0 Å². The molecule has 1 heterocycles. The molecule has 0 spiro atoms. The maximum atomic E-state index is 13.8. The predicted octanol–water partition coefficient (Wildman–Crippen LogP) is 8.85. The zero-order valence-electron chi connectivity index (χ0n) is 18.4. The van der Waals surface area contributed by atoms with Gasteiger partial charge >= 0.3 is 0 Å². The summed E-state index contributed by atoms with van der Waals surface area (Å²) in [6.07, 6.45) is 0. The molecule has 0 bridgehead atoms. The van der Waals surface area contributed by atoms with E-state index < -0.39 is 0 Å². The Bertz CT molecular complexity index is 1670. The molecule has 0 aliphatic carbocycles. The lowest BCUT2D eigenvalue weighted by molar-refractivity contribution is 0.627. The molecule has 2 heteroatoms. The molecule has 0 fully saturated rings. The van der Waals surface area contributed by atoms with Crippen molar-refractivity contribution >= 4 is 32.6 Å². The molecule has 160 valence electrons. The molecule has 7 aromatic rings. The van der Waals surface area contributed by atoms with Crippen molar-refractivity contribution in [2.24, 2.45) is 0 Å². The molecule has 0 unspecified atom stereocenters. The van der Waals surface area contributed by atoms with Crippen molar-refractivity contribution in [1.29, 1.82) is 0 Å². The van der Waals surface area contributed by atoms with Crippen LogP contribution < -0.4 is 0 Å². The summed E-state index contributed by atoms with van der Waals surface area (Å²) in [7, 11) is 0. The first kappa shape index (κ1) is 19.1. The molecule has 0 radical (unpaired) electrons. The standard InChI is InChI=1S/C32H20FN/c33-23-11-13-24(14-12-23)34-29-19-17-25(21-7-3-1-4-8-21)27-15-16-28-26(22-9-5-2-6-10-22)18-20-30(34)32(28)31(27)29/h1-20H. The van der Waals surface area contributed by atoms with Crippen molar-refractivity contribution in [2.75, 3.05) is 0 Å². The van der Waals surface area contributed by atoms with Gasteiger partial charge in [0.15, 0.2) is 0 Å². The Morgan fingerprint density at radius 1 is 0.441 bits per heavy atom. The minimum atomic E-state index is -0.227. The van der Waals surface area contributed by atoms with Crippen LogP contribution in [0.4, 0.5) is 4.39 Å². The summed E-state index contributed by atoms with van der Waals surface area (Å²) < 4.78 is 16.0. The average Bonchev–Trinajstić information content (AvgIpc) is 3.24. The Hall–Kier alpha value is -4.43. The predicted molar refractivity (Wildman–Crippen MR) is 140 cm³/mol. The maximum absolute atomic E-state index is 13.8. The summed E-state index contributed by atoms with van der Waals surface area (Å²) in [5.41, 5.74) is 8.07. The SMILES string of the molecule is Fc1ccc(-n2c3ccc(-c4ccccc4)c4ccc5c(-c6ccccc6)ccc2c5c43)cc1. The molecule has 7 rings (SSSR count). The number of nitrogens with zero attached hydrogens (tertiary/aromatic N) is 1. The summed E-state index contributed by atoms with van der Waals surface area (Å²) >= 11 is 0. The van der Waals surface area contributed by atoms with Crippen molar-refractivity contribution in [3.8, 4) is 27.9 Å². The van der Waals surface area contributed by atoms with Crippen molar-refractivity contribution in [3.63, 3.8) is 0 Å². The summed E-state index contributed by atoms with van der Waals surface area (Å²) in [4.78, 5) is 0. The number of hydrogen-bond acceptors (Lipinski definition) is 0. The van der Waals surface area contributed by atoms with Gasteiger partial charge in [0.1, 0.15) is 5.82 Å². The molecule has 1 aromatic heterocycles. The molecule has 0 aliphatic rings. The second-order valence-electron chi connectivity index (χ2n) is 8.72. The molecule has 0 amide bonds. The first-order valence-corrected chi connectivity index (χ1v) is 11.5. The normalized spacial score (nSPS) is 11.7. The quantitative estimate of drug-likeness (QED) is 0.243. The highest BCUT2D eigenvalue weighted by molar-refractivity contribution is 6.28. The van der Waals surface area contributed by atoms with Crippen LogP contribution in [0.5, 0.6) is 0 Å². The highest BCUT2D eigenvalue weighted by Crippen LogP contribution is 2.44. The first-order valence-electron chi connectivity index (χ1n) is 11.5. The zero-order valence-corrected chi connectivity index (χ0v) is 18.4. The van der Waals surface area contributed by atoms with E-state index in [1.54, 1.807) is 0 Å². The van der Waals surface area contributed by atoms with Crippen LogP contribution in [-0.2, 0) is 0 Å². The Labute approximate surface area is 196 Å². The van der Waals surface area contributed by atoms with Gasteiger partial charge in [-0.05, 0) is 69.4 Å². The molecule has 6 aromatic carbocycles. The van der Waals surface area contributed by atoms with Crippen LogP contribution in [0, 0.1) is 5.82 Å². The van der Waals surface area contributed by atoms with Crippen LogP contribution in [0.25, 0.3) is 60.5 Å². The molecule has 0 N–H and O–H groups in total. The fourth-order valence-electron chi connectivity index (χ4n) is 5.36. The van der Waals surface area contributed by atoms with Crippen LogP contribution in [0.15, 0.2) is 121 Å². The van der Waals surface area contributed by atoms with Gasteiger partial charge in [0, 0.05) is 16.5 Å².